The summed E-state index contributed by atoms with van der Waals surface area (Å²) in [5, 5.41) is 0. The zero-order valence-electron chi connectivity index (χ0n) is 6.46. The van der Waals surface area contributed by atoms with Gasteiger partial charge >= 0.3 is 0 Å². The Labute approximate surface area is 84.5 Å². The molecule has 4 heteroatoms. The van der Waals surface area contributed by atoms with E-state index in [1.54, 1.807) is 6.20 Å². The van der Waals surface area contributed by atoms with E-state index in [1.165, 1.54) is 0 Å². The number of nitrogens with zero attached hydrogens (tertiary/aromatic N) is 1. The Kier molecular flexibility index (Phi) is 2.08. The molecule has 1 aromatic heterocycles. The summed E-state index contributed by atoms with van der Waals surface area (Å²) < 4.78 is 6.63. The standard InChI is InChI=1S/C8H9IN2O/c9-6-3-4-11-8(10)7(6)12-5-1-2-5/h3-5H,1-2H2,(H2,10,11). The average Bonchev–Trinajstić information content (AvgIpc) is 2.80. The molecule has 1 aliphatic carbocycles. The van der Waals surface area contributed by atoms with Gasteiger partial charge in [0.25, 0.3) is 0 Å². The molecule has 1 fully saturated rings. The molecule has 0 unspecified atom stereocenters. The van der Waals surface area contributed by atoms with Crippen molar-refractivity contribution in [3.8, 4) is 5.75 Å². The summed E-state index contributed by atoms with van der Waals surface area (Å²) in [5.74, 6) is 1.24. The van der Waals surface area contributed by atoms with Gasteiger partial charge in [-0.1, -0.05) is 0 Å². The highest BCUT2D eigenvalue weighted by molar-refractivity contribution is 14.1. The summed E-state index contributed by atoms with van der Waals surface area (Å²) in [4.78, 5) is 3.97. The number of hydrogen-bond donors (Lipinski definition) is 1. The van der Waals surface area contributed by atoms with Gasteiger partial charge in [0.2, 0.25) is 0 Å². The molecule has 2 N–H and O–H groups in total. The van der Waals surface area contributed by atoms with Crippen molar-refractivity contribution in [1.29, 1.82) is 0 Å². The molecule has 1 saturated carbocycles. The van der Waals surface area contributed by atoms with Gasteiger partial charge in [-0.25, -0.2) is 4.98 Å². The van der Waals surface area contributed by atoms with Crippen molar-refractivity contribution in [1.82, 2.24) is 4.98 Å². The Bertz CT molecular complexity index is 279. The van der Waals surface area contributed by atoms with E-state index >= 15 is 0 Å². The van der Waals surface area contributed by atoms with Crippen molar-refractivity contribution < 1.29 is 4.74 Å². The molecule has 0 aliphatic heterocycles. The van der Waals surface area contributed by atoms with Gasteiger partial charge in [0, 0.05) is 6.20 Å². The molecule has 1 heterocycles. The van der Waals surface area contributed by atoms with Crippen molar-refractivity contribution in [3.63, 3.8) is 0 Å². The molecule has 64 valence electrons. The lowest BCUT2D eigenvalue weighted by atomic mass is 10.4. The topological polar surface area (TPSA) is 48.1 Å². The Balaban J connectivity index is 2.26. The van der Waals surface area contributed by atoms with Crippen molar-refractivity contribution in [2.24, 2.45) is 0 Å². The third kappa shape index (κ3) is 1.63. The molecule has 0 aromatic carbocycles. The minimum atomic E-state index is 0.380. The van der Waals surface area contributed by atoms with E-state index in [2.05, 4.69) is 27.6 Å². The van der Waals surface area contributed by atoms with E-state index in [-0.39, 0.29) is 0 Å². The second kappa shape index (κ2) is 3.08. The molecule has 0 spiro atoms. The fraction of sp³-hybridized carbons (Fsp3) is 0.375. The van der Waals surface area contributed by atoms with Crippen molar-refractivity contribution in [2.75, 3.05) is 5.73 Å². The molecule has 3 nitrogen and oxygen atoms in total. The van der Waals surface area contributed by atoms with Gasteiger partial charge in [0.15, 0.2) is 11.6 Å². The van der Waals surface area contributed by atoms with Crippen LogP contribution in [0.5, 0.6) is 5.75 Å². The highest BCUT2D eigenvalue weighted by atomic mass is 127. The van der Waals surface area contributed by atoms with Crippen LogP contribution in [0.3, 0.4) is 0 Å². The van der Waals surface area contributed by atoms with Crippen molar-refractivity contribution in [2.45, 2.75) is 18.9 Å². The summed E-state index contributed by atoms with van der Waals surface area (Å²) in [7, 11) is 0. The number of halogens is 1. The SMILES string of the molecule is Nc1nccc(I)c1OC1CC1. The number of anilines is 1. The van der Waals surface area contributed by atoms with Crippen LogP contribution in [0.4, 0.5) is 5.82 Å². The lowest BCUT2D eigenvalue weighted by molar-refractivity contribution is 0.302. The monoisotopic (exact) mass is 276 g/mol. The lowest BCUT2D eigenvalue weighted by Crippen LogP contribution is -2.03. The van der Waals surface area contributed by atoms with E-state index in [1.807, 2.05) is 6.07 Å². The predicted octanol–water partition coefficient (Wildman–Crippen LogP) is 1.81. The van der Waals surface area contributed by atoms with Gasteiger partial charge in [-0.3, -0.25) is 0 Å². The van der Waals surface area contributed by atoms with Crippen LogP contribution in [-0.4, -0.2) is 11.1 Å². The van der Waals surface area contributed by atoms with Crippen LogP contribution in [0.25, 0.3) is 0 Å². The van der Waals surface area contributed by atoms with Crippen LogP contribution in [-0.2, 0) is 0 Å². The first-order chi connectivity index (χ1) is 5.77. The molecule has 0 atom stereocenters. The Morgan fingerprint density at radius 3 is 2.92 bits per heavy atom. The van der Waals surface area contributed by atoms with Crippen LogP contribution in [0.1, 0.15) is 12.8 Å². The summed E-state index contributed by atoms with van der Waals surface area (Å²) in [6.45, 7) is 0. The van der Waals surface area contributed by atoms with Gasteiger partial charge < -0.3 is 10.5 Å². The molecule has 0 saturated heterocycles. The van der Waals surface area contributed by atoms with Crippen LogP contribution in [0.15, 0.2) is 12.3 Å². The molecular formula is C8H9IN2O. The first-order valence-corrected chi connectivity index (χ1v) is 4.92. The minimum absolute atomic E-state index is 0.380. The largest absolute Gasteiger partial charge is 0.485 e. The fourth-order valence-electron chi connectivity index (χ4n) is 0.909. The Hall–Kier alpha value is -0.520. The van der Waals surface area contributed by atoms with E-state index in [0.717, 1.165) is 22.2 Å². The normalized spacial score (nSPS) is 16.1. The summed E-state index contributed by atoms with van der Waals surface area (Å²) in [5.41, 5.74) is 5.66. The zero-order chi connectivity index (χ0) is 8.55. The van der Waals surface area contributed by atoms with Crippen LogP contribution in [0, 0.1) is 3.57 Å². The second-order valence-corrected chi connectivity index (χ2v) is 3.99. The van der Waals surface area contributed by atoms with Crippen LogP contribution >= 0.6 is 22.6 Å². The van der Waals surface area contributed by atoms with Gasteiger partial charge in [-0.05, 0) is 41.5 Å². The van der Waals surface area contributed by atoms with Gasteiger partial charge in [-0.2, -0.15) is 0 Å². The number of nitrogen functional groups attached to an aromatic ring is 1. The second-order valence-electron chi connectivity index (χ2n) is 2.82. The fourth-order valence-corrected chi connectivity index (χ4v) is 1.47. The third-order valence-corrected chi connectivity index (χ3v) is 2.54. The third-order valence-electron chi connectivity index (χ3n) is 1.69. The zero-order valence-corrected chi connectivity index (χ0v) is 8.61. The number of hydrogen-bond acceptors (Lipinski definition) is 3. The molecule has 0 bridgehead atoms. The predicted molar refractivity (Wildman–Crippen MR) is 55.0 cm³/mol. The first kappa shape index (κ1) is 8.10. The molecule has 1 aromatic rings. The van der Waals surface area contributed by atoms with E-state index in [4.69, 9.17) is 10.5 Å². The highest BCUT2D eigenvalue weighted by Crippen LogP contribution is 2.32. The number of aromatic nitrogens is 1. The van der Waals surface area contributed by atoms with Gasteiger partial charge in [0.1, 0.15) is 0 Å². The van der Waals surface area contributed by atoms with Crippen molar-refractivity contribution in [3.05, 3.63) is 15.8 Å². The molecule has 12 heavy (non-hydrogen) atoms. The van der Waals surface area contributed by atoms with E-state index < -0.39 is 0 Å². The number of nitrogens with two attached hydrogens (primary N) is 1. The van der Waals surface area contributed by atoms with Crippen LogP contribution < -0.4 is 10.5 Å². The highest BCUT2D eigenvalue weighted by Gasteiger charge is 2.25. The lowest BCUT2D eigenvalue weighted by Gasteiger charge is -2.07. The summed E-state index contributed by atoms with van der Waals surface area (Å²) in [6, 6.07) is 1.90. The summed E-state index contributed by atoms with van der Waals surface area (Å²) >= 11 is 2.20. The van der Waals surface area contributed by atoms with Gasteiger partial charge in [-0.15, -0.1) is 0 Å². The number of pyridine rings is 1. The molecule has 1 aliphatic rings. The molecule has 0 amide bonds. The quantitative estimate of drug-likeness (QED) is 0.838. The number of rotatable bonds is 2. The van der Waals surface area contributed by atoms with Crippen LogP contribution in [0.2, 0.25) is 0 Å². The number of ether oxygens (including phenoxy) is 1. The maximum absolute atomic E-state index is 5.66. The maximum Gasteiger partial charge on any atom is 0.175 e. The minimum Gasteiger partial charge on any atom is -0.485 e. The Morgan fingerprint density at radius 1 is 1.58 bits per heavy atom. The van der Waals surface area contributed by atoms with E-state index in [9.17, 15) is 0 Å². The first-order valence-electron chi connectivity index (χ1n) is 3.84. The smallest absolute Gasteiger partial charge is 0.175 e. The molecule has 0 radical (unpaired) electrons. The van der Waals surface area contributed by atoms with Crippen molar-refractivity contribution >= 4 is 28.4 Å². The molecule has 2 rings (SSSR count). The van der Waals surface area contributed by atoms with E-state index in [0.29, 0.717) is 11.9 Å². The molecular weight excluding hydrogens is 267 g/mol. The Morgan fingerprint density at radius 2 is 2.33 bits per heavy atom. The van der Waals surface area contributed by atoms with Gasteiger partial charge in [0.05, 0.1) is 9.67 Å². The summed E-state index contributed by atoms with van der Waals surface area (Å²) in [6.07, 6.45) is 4.36. The average molecular weight is 276 g/mol. The maximum atomic E-state index is 5.66.